The average Bonchev–Trinajstić information content (AvgIpc) is 2.34. The molecule has 6 heteroatoms. The van der Waals surface area contributed by atoms with Crippen molar-refractivity contribution in [2.24, 2.45) is 0 Å². The molecule has 0 saturated carbocycles. The van der Waals surface area contributed by atoms with Gasteiger partial charge in [-0.2, -0.15) is 0 Å². The van der Waals surface area contributed by atoms with E-state index in [-0.39, 0.29) is 11.4 Å². The van der Waals surface area contributed by atoms with E-state index in [0.29, 0.717) is 5.56 Å². The van der Waals surface area contributed by atoms with Crippen LogP contribution in [0.5, 0.6) is 5.75 Å². The van der Waals surface area contributed by atoms with Crippen molar-refractivity contribution in [3.05, 3.63) is 40.0 Å². The molecular weight excluding hydrogens is 226 g/mol. The molecule has 90 valence electrons. The summed E-state index contributed by atoms with van der Waals surface area (Å²) in [6.07, 6.45) is 2.57. The standard InChI is InChI=1S/C11H11NO5/c1-16-10(13)7-6-8-4-3-5-9(12(14)15)11(8)17-2/h3-7H,1-2H3/b7-6+. The first-order valence-corrected chi connectivity index (χ1v) is 4.67. The fraction of sp³-hybridized carbons (Fsp3) is 0.182. The topological polar surface area (TPSA) is 78.7 Å². The second-order valence-electron chi connectivity index (χ2n) is 3.01. The molecule has 0 aromatic heterocycles. The highest BCUT2D eigenvalue weighted by Gasteiger charge is 2.16. The number of hydrogen-bond acceptors (Lipinski definition) is 5. The second kappa shape index (κ2) is 5.64. The summed E-state index contributed by atoms with van der Waals surface area (Å²) < 4.78 is 9.38. The Labute approximate surface area is 97.6 Å². The Morgan fingerprint density at radius 3 is 2.65 bits per heavy atom. The van der Waals surface area contributed by atoms with Crippen molar-refractivity contribution in [2.45, 2.75) is 0 Å². The molecule has 0 radical (unpaired) electrons. The maximum Gasteiger partial charge on any atom is 0.330 e. The SMILES string of the molecule is COC(=O)/C=C/c1cccc([N+](=O)[O-])c1OC. The first-order valence-electron chi connectivity index (χ1n) is 4.67. The fourth-order valence-electron chi connectivity index (χ4n) is 1.27. The molecule has 17 heavy (non-hydrogen) atoms. The molecule has 0 atom stereocenters. The van der Waals surface area contributed by atoms with Crippen molar-refractivity contribution in [1.82, 2.24) is 0 Å². The van der Waals surface area contributed by atoms with Crippen LogP contribution in [0.3, 0.4) is 0 Å². The van der Waals surface area contributed by atoms with E-state index < -0.39 is 10.9 Å². The fourth-order valence-corrected chi connectivity index (χ4v) is 1.27. The molecule has 0 N–H and O–H groups in total. The Morgan fingerprint density at radius 2 is 2.12 bits per heavy atom. The lowest BCUT2D eigenvalue weighted by atomic mass is 10.1. The molecule has 0 saturated heterocycles. The molecule has 0 bridgehead atoms. The van der Waals surface area contributed by atoms with Gasteiger partial charge in [0.2, 0.25) is 5.75 Å². The van der Waals surface area contributed by atoms with Crippen LogP contribution in [0, 0.1) is 10.1 Å². The minimum Gasteiger partial charge on any atom is -0.490 e. The minimum absolute atomic E-state index is 0.109. The summed E-state index contributed by atoms with van der Waals surface area (Å²) >= 11 is 0. The van der Waals surface area contributed by atoms with Crippen molar-refractivity contribution in [1.29, 1.82) is 0 Å². The van der Waals surface area contributed by atoms with Crippen molar-refractivity contribution >= 4 is 17.7 Å². The lowest BCUT2D eigenvalue weighted by molar-refractivity contribution is -0.385. The molecule has 0 unspecified atom stereocenters. The third-order valence-electron chi connectivity index (χ3n) is 2.03. The van der Waals surface area contributed by atoms with Gasteiger partial charge in [0.25, 0.3) is 0 Å². The number of nitrogens with zero attached hydrogens (tertiary/aromatic N) is 1. The van der Waals surface area contributed by atoms with Gasteiger partial charge in [0.1, 0.15) is 0 Å². The highest BCUT2D eigenvalue weighted by Crippen LogP contribution is 2.31. The van der Waals surface area contributed by atoms with E-state index in [9.17, 15) is 14.9 Å². The monoisotopic (exact) mass is 237 g/mol. The number of nitro groups is 1. The van der Waals surface area contributed by atoms with E-state index in [1.54, 1.807) is 6.07 Å². The number of nitro benzene ring substituents is 1. The van der Waals surface area contributed by atoms with E-state index in [4.69, 9.17) is 4.74 Å². The summed E-state index contributed by atoms with van der Waals surface area (Å²) in [5, 5.41) is 10.7. The Morgan fingerprint density at radius 1 is 1.41 bits per heavy atom. The van der Waals surface area contributed by atoms with Crippen LogP contribution in [0.15, 0.2) is 24.3 Å². The van der Waals surface area contributed by atoms with Gasteiger partial charge in [-0.25, -0.2) is 4.79 Å². The predicted molar refractivity (Wildman–Crippen MR) is 60.7 cm³/mol. The summed E-state index contributed by atoms with van der Waals surface area (Å²) in [4.78, 5) is 21.1. The van der Waals surface area contributed by atoms with Gasteiger partial charge < -0.3 is 9.47 Å². The molecule has 0 aliphatic rings. The van der Waals surface area contributed by atoms with Gasteiger partial charge in [0, 0.05) is 17.7 Å². The molecule has 0 aliphatic carbocycles. The van der Waals surface area contributed by atoms with Crippen LogP contribution in [-0.4, -0.2) is 25.1 Å². The van der Waals surface area contributed by atoms with E-state index in [1.807, 2.05) is 0 Å². The number of esters is 1. The van der Waals surface area contributed by atoms with Gasteiger partial charge in [0.15, 0.2) is 0 Å². The number of carbonyl (C=O) groups is 1. The smallest absolute Gasteiger partial charge is 0.330 e. The van der Waals surface area contributed by atoms with Gasteiger partial charge in [0.05, 0.1) is 19.1 Å². The zero-order valence-electron chi connectivity index (χ0n) is 9.38. The van der Waals surface area contributed by atoms with Crippen LogP contribution in [0.25, 0.3) is 6.08 Å². The van der Waals surface area contributed by atoms with Crippen LogP contribution < -0.4 is 4.74 Å². The molecule has 1 rings (SSSR count). The Kier molecular flexibility index (Phi) is 4.21. The van der Waals surface area contributed by atoms with Crippen LogP contribution in [0.4, 0.5) is 5.69 Å². The minimum atomic E-state index is -0.547. The van der Waals surface area contributed by atoms with Crippen LogP contribution in [0.1, 0.15) is 5.56 Å². The van der Waals surface area contributed by atoms with Crippen molar-refractivity contribution in [3.8, 4) is 5.75 Å². The summed E-state index contributed by atoms with van der Waals surface area (Å²) in [6.45, 7) is 0. The molecule has 0 heterocycles. The van der Waals surface area contributed by atoms with Gasteiger partial charge in [-0.3, -0.25) is 10.1 Å². The van der Waals surface area contributed by atoms with E-state index >= 15 is 0 Å². The van der Waals surface area contributed by atoms with Crippen molar-refractivity contribution in [2.75, 3.05) is 14.2 Å². The lowest BCUT2D eigenvalue weighted by Crippen LogP contribution is -1.97. The molecule has 0 fully saturated rings. The largest absolute Gasteiger partial charge is 0.490 e. The molecule has 1 aromatic carbocycles. The van der Waals surface area contributed by atoms with Gasteiger partial charge in [-0.05, 0) is 6.08 Å². The van der Waals surface area contributed by atoms with E-state index in [2.05, 4.69) is 4.74 Å². The molecule has 1 aromatic rings. The van der Waals surface area contributed by atoms with Gasteiger partial charge in [-0.1, -0.05) is 12.1 Å². The molecular formula is C11H11NO5. The highest BCUT2D eigenvalue weighted by molar-refractivity contribution is 5.87. The van der Waals surface area contributed by atoms with Crippen LogP contribution in [-0.2, 0) is 9.53 Å². The van der Waals surface area contributed by atoms with E-state index in [1.165, 1.54) is 38.5 Å². The number of hydrogen-bond donors (Lipinski definition) is 0. The number of ether oxygens (including phenoxy) is 2. The third-order valence-corrected chi connectivity index (χ3v) is 2.03. The normalized spacial score (nSPS) is 10.2. The number of rotatable bonds is 4. The van der Waals surface area contributed by atoms with Crippen LogP contribution >= 0.6 is 0 Å². The summed E-state index contributed by atoms with van der Waals surface area (Å²) in [5.41, 5.74) is 0.284. The molecule has 6 nitrogen and oxygen atoms in total. The summed E-state index contributed by atoms with van der Waals surface area (Å²) in [7, 11) is 2.58. The molecule has 0 amide bonds. The number of methoxy groups -OCH3 is 2. The first-order chi connectivity index (χ1) is 8.10. The molecule has 0 aliphatic heterocycles. The van der Waals surface area contributed by atoms with Crippen LogP contribution in [0.2, 0.25) is 0 Å². The predicted octanol–water partition coefficient (Wildman–Crippen LogP) is 1.79. The Hall–Kier alpha value is -2.37. The summed E-state index contributed by atoms with van der Waals surface area (Å²) in [5.74, 6) is -0.434. The quantitative estimate of drug-likeness (QED) is 0.345. The van der Waals surface area contributed by atoms with Crippen molar-refractivity contribution < 1.29 is 19.2 Å². The summed E-state index contributed by atoms with van der Waals surface area (Å²) in [6, 6.07) is 4.44. The van der Waals surface area contributed by atoms with Gasteiger partial charge >= 0.3 is 11.7 Å². The second-order valence-corrected chi connectivity index (χ2v) is 3.01. The maximum absolute atomic E-state index is 10.9. The number of carbonyl (C=O) groups excluding carboxylic acids is 1. The zero-order chi connectivity index (χ0) is 12.8. The maximum atomic E-state index is 10.9. The molecule has 0 spiro atoms. The van der Waals surface area contributed by atoms with E-state index in [0.717, 1.165) is 0 Å². The number of benzene rings is 1. The highest BCUT2D eigenvalue weighted by atomic mass is 16.6. The lowest BCUT2D eigenvalue weighted by Gasteiger charge is -2.04. The van der Waals surface area contributed by atoms with Crippen molar-refractivity contribution in [3.63, 3.8) is 0 Å². The van der Waals surface area contributed by atoms with Gasteiger partial charge in [-0.15, -0.1) is 0 Å². The average molecular weight is 237 g/mol. The Bertz CT molecular complexity index is 467. The Balaban J connectivity index is 3.16. The zero-order valence-corrected chi connectivity index (χ0v) is 9.38. The number of para-hydroxylation sites is 1. The first kappa shape index (κ1) is 12.7. The third kappa shape index (κ3) is 3.04.